The number of rotatable bonds is 3. The van der Waals surface area contributed by atoms with Crippen LogP contribution in [-0.2, 0) is 14.6 Å². The topological polar surface area (TPSA) is 86.5 Å². The molecule has 0 radical (unpaired) electrons. The van der Waals surface area contributed by atoms with Crippen LogP contribution in [0.15, 0.2) is 70.5 Å². The van der Waals surface area contributed by atoms with Crippen molar-refractivity contribution in [2.75, 3.05) is 6.61 Å². The highest BCUT2D eigenvalue weighted by Crippen LogP contribution is 2.19. The van der Waals surface area contributed by atoms with Gasteiger partial charge in [0, 0.05) is 0 Å². The predicted molar refractivity (Wildman–Crippen MR) is 79.5 cm³/mol. The molecule has 0 fully saturated rings. The van der Waals surface area contributed by atoms with E-state index in [-0.39, 0.29) is 0 Å². The third-order valence-corrected chi connectivity index (χ3v) is 4.18. The van der Waals surface area contributed by atoms with Crippen molar-refractivity contribution in [2.24, 2.45) is 5.73 Å². The number of primary amides is 1. The Morgan fingerprint density at radius 3 is 1.57 bits per heavy atom. The third-order valence-electron chi connectivity index (χ3n) is 2.39. The highest BCUT2D eigenvalue weighted by Gasteiger charge is 2.15. The maximum absolute atomic E-state index is 12.0. The van der Waals surface area contributed by atoms with Crippen LogP contribution in [0.3, 0.4) is 0 Å². The van der Waals surface area contributed by atoms with Gasteiger partial charge < -0.3 is 10.5 Å². The molecule has 6 heteroatoms. The second-order valence-corrected chi connectivity index (χ2v) is 5.83. The van der Waals surface area contributed by atoms with E-state index in [9.17, 15) is 13.2 Å². The maximum atomic E-state index is 12.0. The minimum Gasteiger partial charge on any atom is -0.450 e. The SMILES string of the molecule is CCOC(N)=O.O=S(=O)(c1ccccc1)c1ccccc1. The summed E-state index contributed by atoms with van der Waals surface area (Å²) < 4.78 is 28.2. The molecular formula is C15H17NO4S. The molecule has 0 heterocycles. The molecule has 2 rings (SSSR count). The van der Waals surface area contributed by atoms with Crippen LogP contribution in [0.2, 0.25) is 0 Å². The predicted octanol–water partition coefficient (Wildman–Crippen LogP) is 2.62. The van der Waals surface area contributed by atoms with Gasteiger partial charge in [0.05, 0.1) is 16.4 Å². The lowest BCUT2D eigenvalue weighted by molar-refractivity contribution is 0.163. The molecule has 5 nitrogen and oxygen atoms in total. The Bertz CT molecular complexity index is 609. The number of sulfone groups is 1. The fraction of sp³-hybridized carbons (Fsp3) is 0.133. The zero-order chi connectivity index (χ0) is 15.7. The number of benzene rings is 2. The molecule has 0 saturated heterocycles. The second-order valence-electron chi connectivity index (χ2n) is 3.88. The molecule has 2 aromatic carbocycles. The first kappa shape index (κ1) is 16.7. The Balaban J connectivity index is 0.000000315. The Morgan fingerprint density at radius 1 is 0.952 bits per heavy atom. The van der Waals surface area contributed by atoms with Crippen molar-refractivity contribution >= 4 is 15.9 Å². The van der Waals surface area contributed by atoms with E-state index in [1.165, 1.54) is 0 Å². The van der Waals surface area contributed by atoms with Crippen LogP contribution in [0.4, 0.5) is 4.79 Å². The van der Waals surface area contributed by atoms with Crippen LogP contribution in [0.25, 0.3) is 0 Å². The van der Waals surface area contributed by atoms with Gasteiger partial charge in [-0.1, -0.05) is 36.4 Å². The van der Waals surface area contributed by atoms with Crippen LogP contribution in [-0.4, -0.2) is 21.1 Å². The zero-order valence-corrected chi connectivity index (χ0v) is 12.4. The van der Waals surface area contributed by atoms with Crippen molar-refractivity contribution in [2.45, 2.75) is 16.7 Å². The third kappa shape index (κ3) is 5.27. The molecule has 0 aliphatic carbocycles. The summed E-state index contributed by atoms with van der Waals surface area (Å²) in [5.74, 6) is 0. The normalized spacial score (nSPS) is 10.1. The van der Waals surface area contributed by atoms with Crippen LogP contribution < -0.4 is 5.73 Å². The van der Waals surface area contributed by atoms with Crippen LogP contribution in [0, 0.1) is 0 Å². The number of carbonyl (C=O) groups excluding carboxylic acids is 1. The number of hydrogen-bond donors (Lipinski definition) is 1. The number of hydrogen-bond acceptors (Lipinski definition) is 4. The van der Waals surface area contributed by atoms with Crippen LogP contribution in [0.5, 0.6) is 0 Å². The Labute approximate surface area is 124 Å². The van der Waals surface area contributed by atoms with E-state index in [4.69, 9.17) is 0 Å². The summed E-state index contributed by atoms with van der Waals surface area (Å²) in [6, 6.07) is 16.9. The molecule has 1 amide bonds. The summed E-state index contributed by atoms with van der Waals surface area (Å²) in [7, 11) is -3.34. The van der Waals surface area contributed by atoms with E-state index in [1.807, 2.05) is 0 Å². The maximum Gasteiger partial charge on any atom is 0.404 e. The first-order valence-corrected chi connectivity index (χ1v) is 7.74. The van der Waals surface area contributed by atoms with Crippen molar-refractivity contribution in [3.8, 4) is 0 Å². The molecule has 0 atom stereocenters. The molecule has 2 aromatic rings. The molecule has 0 aliphatic heterocycles. The van der Waals surface area contributed by atoms with E-state index in [0.29, 0.717) is 16.4 Å². The van der Waals surface area contributed by atoms with Gasteiger partial charge in [0.25, 0.3) is 0 Å². The first-order valence-electron chi connectivity index (χ1n) is 6.26. The first-order chi connectivity index (χ1) is 9.98. The molecule has 0 spiro atoms. The number of ether oxygens (including phenoxy) is 1. The quantitative estimate of drug-likeness (QED) is 0.944. The van der Waals surface area contributed by atoms with Gasteiger partial charge in [-0.05, 0) is 31.2 Å². The van der Waals surface area contributed by atoms with Gasteiger partial charge in [-0.3, -0.25) is 0 Å². The summed E-state index contributed by atoms with van der Waals surface area (Å²) in [5, 5.41) is 0. The molecule has 0 saturated carbocycles. The van der Waals surface area contributed by atoms with Gasteiger partial charge >= 0.3 is 6.09 Å². The molecule has 2 N–H and O–H groups in total. The van der Waals surface area contributed by atoms with E-state index >= 15 is 0 Å². The molecular weight excluding hydrogens is 290 g/mol. The second kappa shape index (κ2) is 8.06. The monoisotopic (exact) mass is 307 g/mol. The fourth-order valence-electron chi connectivity index (χ4n) is 1.48. The smallest absolute Gasteiger partial charge is 0.404 e. The average molecular weight is 307 g/mol. The summed E-state index contributed by atoms with van der Waals surface area (Å²) >= 11 is 0. The van der Waals surface area contributed by atoms with E-state index in [1.54, 1.807) is 67.6 Å². The number of amides is 1. The summed E-state index contributed by atoms with van der Waals surface area (Å²) in [6.07, 6.45) is -0.711. The van der Waals surface area contributed by atoms with Gasteiger partial charge in [-0.2, -0.15) is 0 Å². The Morgan fingerprint density at radius 2 is 1.33 bits per heavy atom. The molecule has 112 valence electrons. The van der Waals surface area contributed by atoms with Crippen molar-refractivity contribution < 1.29 is 17.9 Å². The standard InChI is InChI=1S/C12H10O2S.C3H7NO2/c13-15(14,11-7-3-1-4-8-11)12-9-5-2-6-10-12;1-2-6-3(4)5/h1-10H;2H2,1H3,(H2,4,5). The summed E-state index contributed by atoms with van der Waals surface area (Å²) in [5.41, 5.74) is 4.54. The van der Waals surface area contributed by atoms with E-state index in [2.05, 4.69) is 10.5 Å². The van der Waals surface area contributed by atoms with E-state index in [0.717, 1.165) is 0 Å². The van der Waals surface area contributed by atoms with Crippen LogP contribution in [0.1, 0.15) is 6.92 Å². The Kier molecular flexibility index (Phi) is 6.42. The van der Waals surface area contributed by atoms with Crippen molar-refractivity contribution in [3.63, 3.8) is 0 Å². The van der Waals surface area contributed by atoms with Crippen molar-refractivity contribution in [1.29, 1.82) is 0 Å². The summed E-state index contributed by atoms with van der Waals surface area (Å²) in [6.45, 7) is 2.06. The van der Waals surface area contributed by atoms with Crippen LogP contribution >= 0.6 is 0 Å². The van der Waals surface area contributed by atoms with E-state index < -0.39 is 15.9 Å². The molecule has 21 heavy (non-hydrogen) atoms. The van der Waals surface area contributed by atoms with Gasteiger partial charge in [-0.15, -0.1) is 0 Å². The van der Waals surface area contributed by atoms with Gasteiger partial charge in [0.1, 0.15) is 0 Å². The highest BCUT2D eigenvalue weighted by molar-refractivity contribution is 7.91. The molecule has 0 bridgehead atoms. The average Bonchev–Trinajstić information content (AvgIpc) is 2.49. The minimum atomic E-state index is -3.34. The lowest BCUT2D eigenvalue weighted by Gasteiger charge is -2.03. The van der Waals surface area contributed by atoms with Crippen molar-refractivity contribution in [1.82, 2.24) is 0 Å². The Hall–Kier alpha value is -2.34. The molecule has 0 aromatic heterocycles. The lowest BCUT2D eigenvalue weighted by Crippen LogP contribution is -2.11. The zero-order valence-electron chi connectivity index (χ0n) is 11.6. The summed E-state index contributed by atoms with van der Waals surface area (Å²) in [4.78, 5) is 10.3. The number of nitrogens with two attached hydrogens (primary N) is 1. The molecule has 0 unspecified atom stereocenters. The van der Waals surface area contributed by atoms with Gasteiger partial charge in [-0.25, -0.2) is 13.2 Å². The van der Waals surface area contributed by atoms with Gasteiger partial charge in [0.15, 0.2) is 0 Å². The van der Waals surface area contributed by atoms with Crippen molar-refractivity contribution in [3.05, 3.63) is 60.7 Å². The molecule has 0 aliphatic rings. The fourth-order valence-corrected chi connectivity index (χ4v) is 2.78. The van der Waals surface area contributed by atoms with Gasteiger partial charge in [0.2, 0.25) is 9.84 Å². The minimum absolute atomic E-state index is 0.330. The lowest BCUT2D eigenvalue weighted by atomic mass is 10.4. The largest absolute Gasteiger partial charge is 0.450 e. The number of carbonyl (C=O) groups is 1. The highest BCUT2D eigenvalue weighted by atomic mass is 32.2.